The van der Waals surface area contributed by atoms with Crippen molar-refractivity contribution < 1.29 is 9.53 Å². The molecule has 1 N–H and O–H groups in total. The summed E-state index contributed by atoms with van der Waals surface area (Å²) in [5, 5.41) is 12.5. The number of nitrogens with one attached hydrogen (secondary N) is 1. The third-order valence-electron chi connectivity index (χ3n) is 5.05. The van der Waals surface area contributed by atoms with Gasteiger partial charge in [-0.2, -0.15) is 0 Å². The molecule has 0 spiro atoms. The van der Waals surface area contributed by atoms with Crippen LogP contribution in [0, 0.1) is 0 Å². The number of nitrogens with zero attached hydrogens (tertiary/aromatic N) is 4. The molecule has 3 rings (SSSR count). The van der Waals surface area contributed by atoms with E-state index in [2.05, 4.69) is 51.0 Å². The van der Waals surface area contributed by atoms with Crippen LogP contribution >= 0.6 is 11.8 Å². The van der Waals surface area contributed by atoms with E-state index in [0.29, 0.717) is 13.2 Å². The summed E-state index contributed by atoms with van der Waals surface area (Å²) in [6.45, 7) is 9.94. The van der Waals surface area contributed by atoms with E-state index < -0.39 is 0 Å². The first kappa shape index (κ1) is 21.6. The van der Waals surface area contributed by atoms with Gasteiger partial charge in [0.15, 0.2) is 5.16 Å². The second-order valence-electron chi connectivity index (χ2n) is 7.15. The lowest BCUT2D eigenvalue weighted by Gasteiger charge is -2.27. The fourth-order valence-corrected chi connectivity index (χ4v) is 4.36. The standard InChI is InChI=1S/C21H31N5O2S/c1-4-9-18(17-10-7-6-8-11-17)22-19(27)16(3)29-21-24-23-20(26(21)5-2)25-12-14-28-15-13-25/h6-8,10-11,16,18H,4-5,9,12-15H2,1-3H3,(H,22,27)/t16-,18+/m0/s1. The average Bonchev–Trinajstić information content (AvgIpc) is 3.17. The molecule has 8 heteroatoms. The van der Waals surface area contributed by atoms with Gasteiger partial charge < -0.3 is 15.0 Å². The van der Waals surface area contributed by atoms with Crippen molar-refractivity contribution in [2.75, 3.05) is 31.2 Å². The Morgan fingerprint density at radius 3 is 2.59 bits per heavy atom. The monoisotopic (exact) mass is 417 g/mol. The third kappa shape index (κ3) is 5.51. The summed E-state index contributed by atoms with van der Waals surface area (Å²) in [5.74, 6) is 0.884. The van der Waals surface area contributed by atoms with Crippen LogP contribution in [0.3, 0.4) is 0 Å². The SMILES string of the molecule is CCC[C@@H](NC(=O)[C@H](C)Sc1nnc(N2CCOCC2)n1CC)c1ccccc1. The van der Waals surface area contributed by atoms with Crippen LogP contribution in [0.2, 0.25) is 0 Å². The van der Waals surface area contributed by atoms with E-state index in [0.717, 1.165) is 49.1 Å². The molecule has 1 aliphatic rings. The molecule has 1 saturated heterocycles. The van der Waals surface area contributed by atoms with E-state index in [9.17, 15) is 4.79 Å². The number of carbonyl (C=O) groups excluding carboxylic acids is 1. The molecule has 2 aromatic rings. The Bertz CT molecular complexity index is 777. The van der Waals surface area contributed by atoms with Crippen LogP contribution in [-0.2, 0) is 16.1 Å². The molecular weight excluding hydrogens is 386 g/mol. The quantitative estimate of drug-likeness (QED) is 0.632. The molecule has 29 heavy (non-hydrogen) atoms. The fourth-order valence-electron chi connectivity index (χ4n) is 3.44. The molecule has 0 unspecified atom stereocenters. The normalized spacial score (nSPS) is 16.4. The summed E-state index contributed by atoms with van der Waals surface area (Å²) in [6.07, 6.45) is 1.92. The summed E-state index contributed by atoms with van der Waals surface area (Å²) in [4.78, 5) is 15.1. The first-order chi connectivity index (χ1) is 14.1. The molecule has 1 fully saturated rings. The highest BCUT2D eigenvalue weighted by Crippen LogP contribution is 2.27. The predicted octanol–water partition coefficient (Wildman–Crippen LogP) is 3.27. The summed E-state index contributed by atoms with van der Waals surface area (Å²) >= 11 is 1.46. The number of hydrogen-bond donors (Lipinski definition) is 1. The highest BCUT2D eigenvalue weighted by Gasteiger charge is 2.24. The molecule has 0 aliphatic carbocycles. The molecule has 7 nitrogen and oxygen atoms in total. The maximum absolute atomic E-state index is 12.9. The number of aromatic nitrogens is 3. The lowest BCUT2D eigenvalue weighted by molar-refractivity contribution is -0.121. The van der Waals surface area contributed by atoms with E-state index in [1.807, 2.05) is 25.1 Å². The van der Waals surface area contributed by atoms with Crippen molar-refractivity contribution >= 4 is 23.6 Å². The molecular formula is C21H31N5O2S. The van der Waals surface area contributed by atoms with Crippen LogP contribution in [-0.4, -0.2) is 52.2 Å². The molecule has 2 atom stereocenters. The minimum atomic E-state index is -0.259. The largest absolute Gasteiger partial charge is 0.378 e. The number of morpholine rings is 1. The summed E-state index contributed by atoms with van der Waals surface area (Å²) in [7, 11) is 0. The van der Waals surface area contributed by atoms with E-state index in [1.54, 1.807) is 0 Å². The van der Waals surface area contributed by atoms with E-state index in [1.165, 1.54) is 11.8 Å². The van der Waals surface area contributed by atoms with Crippen LogP contribution in [0.25, 0.3) is 0 Å². The molecule has 1 amide bonds. The van der Waals surface area contributed by atoms with Gasteiger partial charge >= 0.3 is 0 Å². The highest BCUT2D eigenvalue weighted by atomic mass is 32.2. The van der Waals surface area contributed by atoms with E-state index in [4.69, 9.17) is 4.74 Å². The molecule has 2 heterocycles. The lowest BCUT2D eigenvalue weighted by Crippen LogP contribution is -2.38. The van der Waals surface area contributed by atoms with Gasteiger partial charge in [-0.05, 0) is 25.8 Å². The zero-order valence-electron chi connectivity index (χ0n) is 17.5. The average molecular weight is 418 g/mol. The maximum Gasteiger partial charge on any atom is 0.233 e. The number of ether oxygens (including phenoxy) is 1. The van der Waals surface area contributed by atoms with Crippen LogP contribution in [0.5, 0.6) is 0 Å². The van der Waals surface area contributed by atoms with Gasteiger partial charge in [0.25, 0.3) is 0 Å². The number of benzene rings is 1. The first-order valence-corrected chi connectivity index (χ1v) is 11.3. The van der Waals surface area contributed by atoms with Crippen LogP contribution in [0.4, 0.5) is 5.95 Å². The molecule has 1 aliphatic heterocycles. The van der Waals surface area contributed by atoms with Gasteiger partial charge in [0, 0.05) is 19.6 Å². The second-order valence-corrected chi connectivity index (χ2v) is 8.45. The predicted molar refractivity (Wildman–Crippen MR) is 116 cm³/mol. The molecule has 0 bridgehead atoms. The van der Waals surface area contributed by atoms with E-state index in [-0.39, 0.29) is 17.2 Å². The Morgan fingerprint density at radius 2 is 1.93 bits per heavy atom. The second kappa shape index (κ2) is 10.6. The molecule has 1 aromatic heterocycles. The maximum atomic E-state index is 12.9. The van der Waals surface area contributed by atoms with Gasteiger partial charge in [0.1, 0.15) is 0 Å². The number of amides is 1. The van der Waals surface area contributed by atoms with Crippen molar-refractivity contribution in [3.63, 3.8) is 0 Å². The van der Waals surface area contributed by atoms with Crippen LogP contribution in [0.1, 0.15) is 45.2 Å². The van der Waals surface area contributed by atoms with Gasteiger partial charge in [0.05, 0.1) is 24.5 Å². The highest BCUT2D eigenvalue weighted by molar-refractivity contribution is 8.00. The van der Waals surface area contributed by atoms with Gasteiger partial charge in [-0.1, -0.05) is 55.4 Å². The lowest BCUT2D eigenvalue weighted by atomic mass is 10.0. The minimum absolute atomic E-state index is 0.0240. The smallest absolute Gasteiger partial charge is 0.233 e. The van der Waals surface area contributed by atoms with Crippen molar-refractivity contribution in [1.82, 2.24) is 20.1 Å². The van der Waals surface area contributed by atoms with Crippen molar-refractivity contribution in [2.45, 2.75) is 56.6 Å². The molecule has 1 aromatic carbocycles. The molecule has 158 valence electrons. The Hall–Kier alpha value is -2.06. The number of thioether (sulfide) groups is 1. The zero-order chi connectivity index (χ0) is 20.6. The topological polar surface area (TPSA) is 72.3 Å². The number of carbonyl (C=O) groups is 1. The Kier molecular flexibility index (Phi) is 7.94. The fraction of sp³-hybridized carbons (Fsp3) is 0.571. The summed E-state index contributed by atoms with van der Waals surface area (Å²) < 4.78 is 7.52. The molecule has 0 radical (unpaired) electrons. The zero-order valence-corrected chi connectivity index (χ0v) is 18.3. The Labute approximate surface area is 177 Å². The van der Waals surface area contributed by atoms with Crippen LogP contribution < -0.4 is 10.2 Å². The van der Waals surface area contributed by atoms with Crippen molar-refractivity contribution in [2.24, 2.45) is 0 Å². The number of anilines is 1. The summed E-state index contributed by atoms with van der Waals surface area (Å²) in [5.41, 5.74) is 1.14. The summed E-state index contributed by atoms with van der Waals surface area (Å²) in [6, 6.07) is 10.2. The van der Waals surface area contributed by atoms with Crippen molar-refractivity contribution in [3.05, 3.63) is 35.9 Å². The number of rotatable bonds is 9. The van der Waals surface area contributed by atoms with Gasteiger partial charge in [-0.15, -0.1) is 10.2 Å². The van der Waals surface area contributed by atoms with Crippen LogP contribution in [0.15, 0.2) is 35.5 Å². The first-order valence-electron chi connectivity index (χ1n) is 10.4. The Balaban J connectivity index is 1.66. The number of hydrogen-bond acceptors (Lipinski definition) is 6. The Morgan fingerprint density at radius 1 is 1.21 bits per heavy atom. The van der Waals surface area contributed by atoms with Crippen molar-refractivity contribution in [1.29, 1.82) is 0 Å². The minimum Gasteiger partial charge on any atom is -0.378 e. The molecule has 0 saturated carbocycles. The van der Waals surface area contributed by atoms with E-state index >= 15 is 0 Å². The van der Waals surface area contributed by atoms with Gasteiger partial charge in [0.2, 0.25) is 11.9 Å². The van der Waals surface area contributed by atoms with Gasteiger partial charge in [-0.3, -0.25) is 9.36 Å². The third-order valence-corrected chi connectivity index (χ3v) is 6.14. The van der Waals surface area contributed by atoms with Crippen molar-refractivity contribution in [3.8, 4) is 0 Å². The van der Waals surface area contributed by atoms with Gasteiger partial charge in [-0.25, -0.2) is 0 Å².